The molecular weight excluding hydrogens is 631 g/mol. The Hall–Kier alpha value is -5.08. The number of nitrogens with zero attached hydrogens (tertiary/aromatic N) is 2. The fourth-order valence-corrected chi connectivity index (χ4v) is 8.99. The second-order valence-electron chi connectivity index (χ2n) is 13.1. The first kappa shape index (κ1) is 30.3. The van der Waals surface area contributed by atoms with Crippen molar-refractivity contribution in [3.05, 3.63) is 142 Å². The van der Waals surface area contributed by atoms with Crippen LogP contribution in [0.3, 0.4) is 0 Å². The van der Waals surface area contributed by atoms with Crippen molar-refractivity contribution in [3.63, 3.8) is 0 Å². The molecule has 2 aliphatic carbocycles. The molecule has 9 heteroatoms. The number of amides is 4. The molecule has 0 aromatic heterocycles. The molecule has 6 unspecified atom stereocenters. The molecule has 0 bridgehead atoms. The Morgan fingerprint density at radius 1 is 0.812 bits per heavy atom. The Labute approximate surface area is 281 Å². The fourth-order valence-electron chi connectivity index (χ4n) is 8.81. The predicted molar refractivity (Wildman–Crippen MR) is 176 cm³/mol. The van der Waals surface area contributed by atoms with Crippen LogP contribution in [0.5, 0.6) is 5.75 Å². The van der Waals surface area contributed by atoms with Crippen LogP contribution in [0.1, 0.15) is 35.4 Å². The van der Waals surface area contributed by atoms with Crippen molar-refractivity contribution in [3.8, 4) is 5.75 Å². The van der Waals surface area contributed by atoms with Gasteiger partial charge in [-0.2, -0.15) is 0 Å². The van der Waals surface area contributed by atoms with Crippen LogP contribution >= 0.6 is 11.6 Å². The van der Waals surface area contributed by atoms with Gasteiger partial charge in [0.2, 0.25) is 23.6 Å². The standard InChI is InChI=1S/C39H30ClFN2O5/c40-25-12-7-13-26(19-25)43-36(46)30-20-29-27(15-16-28-33(29)37(47)42(35(28)45)21-22-8-3-1-4-9-22)34(23-14-17-32(44)31(41)18-23)39(30,38(43)48)24-10-5-2-6-11-24/h1-15,17-19,28-30,33-34,44H,16,20-21H2. The Morgan fingerprint density at radius 3 is 2.25 bits per heavy atom. The topological polar surface area (TPSA) is 95.0 Å². The number of phenols is 1. The van der Waals surface area contributed by atoms with Crippen molar-refractivity contribution in [2.24, 2.45) is 23.7 Å². The van der Waals surface area contributed by atoms with Gasteiger partial charge in [-0.15, -0.1) is 0 Å². The van der Waals surface area contributed by atoms with Gasteiger partial charge < -0.3 is 5.11 Å². The van der Waals surface area contributed by atoms with E-state index in [1.165, 1.54) is 21.9 Å². The van der Waals surface area contributed by atoms with Gasteiger partial charge in [0, 0.05) is 10.9 Å². The first-order valence-corrected chi connectivity index (χ1v) is 16.4. The smallest absolute Gasteiger partial charge is 0.246 e. The fraction of sp³-hybridized carbons (Fsp3) is 0.231. The molecular formula is C39H30ClFN2O5. The lowest BCUT2D eigenvalue weighted by Gasteiger charge is -2.50. The normalized spacial score (nSPS) is 27.9. The third-order valence-electron chi connectivity index (χ3n) is 10.7. The highest BCUT2D eigenvalue weighted by Crippen LogP contribution is 2.64. The Kier molecular flexibility index (Phi) is 7.11. The molecule has 6 atom stereocenters. The number of halogens is 2. The van der Waals surface area contributed by atoms with Crippen molar-refractivity contribution in [2.45, 2.75) is 30.7 Å². The number of aromatic hydroxyl groups is 1. The Balaban J connectivity index is 1.33. The summed E-state index contributed by atoms with van der Waals surface area (Å²) in [6, 6.07) is 28.9. The second kappa shape index (κ2) is 11.3. The highest BCUT2D eigenvalue weighted by Gasteiger charge is 2.70. The van der Waals surface area contributed by atoms with Crippen molar-refractivity contribution >= 4 is 40.9 Å². The third kappa shape index (κ3) is 4.32. The zero-order valence-electron chi connectivity index (χ0n) is 25.6. The zero-order chi connectivity index (χ0) is 33.3. The molecule has 48 heavy (non-hydrogen) atoms. The molecule has 2 aliphatic heterocycles. The summed E-state index contributed by atoms with van der Waals surface area (Å²) in [6.45, 7) is 0.136. The molecule has 7 nitrogen and oxygen atoms in total. The average molecular weight is 661 g/mol. The van der Waals surface area contributed by atoms with E-state index in [1.54, 1.807) is 42.5 Å². The van der Waals surface area contributed by atoms with E-state index in [0.29, 0.717) is 21.8 Å². The number of carbonyl (C=O) groups is 4. The number of hydrogen-bond donors (Lipinski definition) is 1. The number of carbonyl (C=O) groups excluding carboxylic acids is 4. The van der Waals surface area contributed by atoms with Gasteiger partial charge >= 0.3 is 0 Å². The van der Waals surface area contributed by atoms with Crippen LogP contribution in [-0.4, -0.2) is 33.6 Å². The van der Waals surface area contributed by atoms with E-state index < -0.39 is 58.4 Å². The lowest BCUT2D eigenvalue weighted by atomic mass is 9.49. The number of imide groups is 2. The maximum absolute atomic E-state index is 15.2. The summed E-state index contributed by atoms with van der Waals surface area (Å²) >= 11 is 6.34. The number of fused-ring (bicyclic) bond motifs is 4. The van der Waals surface area contributed by atoms with E-state index in [9.17, 15) is 19.5 Å². The summed E-state index contributed by atoms with van der Waals surface area (Å²) < 4.78 is 15.2. The lowest BCUT2D eigenvalue weighted by Crippen LogP contribution is -2.53. The molecule has 0 radical (unpaired) electrons. The summed E-state index contributed by atoms with van der Waals surface area (Å²) in [5, 5.41) is 10.5. The van der Waals surface area contributed by atoms with Crippen LogP contribution < -0.4 is 4.90 Å². The molecule has 4 aliphatic rings. The molecule has 1 N–H and O–H groups in total. The largest absolute Gasteiger partial charge is 0.505 e. The van der Waals surface area contributed by atoms with Gasteiger partial charge in [-0.1, -0.05) is 96.0 Å². The van der Waals surface area contributed by atoms with Crippen molar-refractivity contribution in [1.82, 2.24) is 4.90 Å². The molecule has 4 aromatic rings. The lowest BCUT2D eigenvalue weighted by molar-refractivity contribution is -0.141. The molecule has 2 saturated heterocycles. The van der Waals surface area contributed by atoms with Gasteiger partial charge in [-0.3, -0.25) is 24.1 Å². The molecule has 4 amide bonds. The van der Waals surface area contributed by atoms with Crippen LogP contribution in [0.15, 0.2) is 115 Å². The van der Waals surface area contributed by atoms with Gasteiger partial charge in [0.1, 0.15) is 0 Å². The van der Waals surface area contributed by atoms with E-state index >= 15 is 9.18 Å². The minimum absolute atomic E-state index is 0.136. The average Bonchev–Trinajstić information content (AvgIpc) is 3.47. The van der Waals surface area contributed by atoms with Crippen LogP contribution in [0, 0.1) is 29.5 Å². The molecule has 1 saturated carbocycles. The number of rotatable bonds is 5. The Morgan fingerprint density at radius 2 is 1.54 bits per heavy atom. The number of phenolic OH excluding ortho intramolecular Hbond substituents is 1. The summed E-state index contributed by atoms with van der Waals surface area (Å²) in [7, 11) is 0. The minimum Gasteiger partial charge on any atom is -0.505 e. The third-order valence-corrected chi connectivity index (χ3v) is 11.0. The summed E-state index contributed by atoms with van der Waals surface area (Å²) in [5.74, 6) is -6.69. The highest BCUT2D eigenvalue weighted by molar-refractivity contribution is 6.32. The molecule has 3 fully saturated rings. The SMILES string of the molecule is O=C1C2CC=C3C(CC4C(=O)N(c5cccc(Cl)c5)C(=O)C4(c4ccccc4)C3c3ccc(O)c(F)c3)C2C(=O)N1Cc1ccccc1. The van der Waals surface area contributed by atoms with Gasteiger partial charge in [0.25, 0.3) is 0 Å². The van der Waals surface area contributed by atoms with E-state index in [-0.39, 0.29) is 31.2 Å². The number of anilines is 1. The number of hydrogen-bond acceptors (Lipinski definition) is 5. The van der Waals surface area contributed by atoms with Gasteiger partial charge in [-0.05, 0) is 65.8 Å². The van der Waals surface area contributed by atoms with E-state index in [1.807, 2.05) is 54.6 Å². The minimum atomic E-state index is -1.52. The molecule has 2 heterocycles. The molecule has 8 rings (SSSR count). The monoisotopic (exact) mass is 660 g/mol. The van der Waals surface area contributed by atoms with Gasteiger partial charge in [0.05, 0.1) is 35.4 Å². The quantitative estimate of drug-likeness (QED) is 0.194. The maximum atomic E-state index is 15.2. The van der Waals surface area contributed by atoms with Crippen LogP contribution in [0.4, 0.5) is 10.1 Å². The first-order valence-electron chi connectivity index (χ1n) is 16.0. The molecule has 0 spiro atoms. The van der Waals surface area contributed by atoms with E-state index in [4.69, 9.17) is 11.6 Å². The van der Waals surface area contributed by atoms with Crippen molar-refractivity contribution in [2.75, 3.05) is 4.90 Å². The Bertz CT molecular complexity index is 2030. The first-order chi connectivity index (χ1) is 23.2. The number of allylic oxidation sites excluding steroid dienone is 2. The number of likely N-dealkylation sites (tertiary alicyclic amines) is 1. The molecule has 4 aromatic carbocycles. The van der Waals surface area contributed by atoms with Crippen LogP contribution in [0.2, 0.25) is 5.02 Å². The van der Waals surface area contributed by atoms with Crippen molar-refractivity contribution in [1.29, 1.82) is 0 Å². The predicted octanol–water partition coefficient (Wildman–Crippen LogP) is 6.55. The van der Waals surface area contributed by atoms with Gasteiger partial charge in [0.15, 0.2) is 11.6 Å². The maximum Gasteiger partial charge on any atom is 0.246 e. The van der Waals surface area contributed by atoms with Crippen LogP contribution in [0.25, 0.3) is 0 Å². The van der Waals surface area contributed by atoms with Gasteiger partial charge in [-0.25, -0.2) is 9.29 Å². The second-order valence-corrected chi connectivity index (χ2v) is 13.5. The van der Waals surface area contributed by atoms with Crippen molar-refractivity contribution < 1.29 is 28.7 Å². The van der Waals surface area contributed by atoms with Crippen LogP contribution in [-0.2, 0) is 31.1 Å². The van der Waals surface area contributed by atoms with E-state index in [2.05, 4.69) is 0 Å². The zero-order valence-corrected chi connectivity index (χ0v) is 26.4. The number of benzene rings is 4. The highest BCUT2D eigenvalue weighted by atomic mass is 35.5. The molecule has 240 valence electrons. The summed E-state index contributed by atoms with van der Waals surface area (Å²) in [6.07, 6.45) is 2.33. The van der Waals surface area contributed by atoms with E-state index in [0.717, 1.165) is 11.1 Å². The summed E-state index contributed by atoms with van der Waals surface area (Å²) in [4.78, 5) is 60.5. The summed E-state index contributed by atoms with van der Waals surface area (Å²) in [5.41, 5.74) is 1.31.